The van der Waals surface area contributed by atoms with Gasteiger partial charge in [-0.15, -0.1) is 0 Å². The zero-order chi connectivity index (χ0) is 11.2. The standard InChI is InChI=1S/C12H25BrO/c1-10(2)9-14-7-6-11(8-13)12(3,4)5/h10-11H,6-9H2,1-5H3. The molecule has 2 heteroatoms. The maximum absolute atomic E-state index is 5.60. The van der Waals surface area contributed by atoms with E-state index in [1.807, 2.05) is 0 Å². The molecule has 0 aromatic heterocycles. The van der Waals surface area contributed by atoms with Gasteiger partial charge >= 0.3 is 0 Å². The van der Waals surface area contributed by atoms with Crippen molar-refractivity contribution in [1.82, 2.24) is 0 Å². The molecular weight excluding hydrogens is 240 g/mol. The van der Waals surface area contributed by atoms with E-state index in [1.165, 1.54) is 0 Å². The van der Waals surface area contributed by atoms with Crippen LogP contribution in [-0.4, -0.2) is 18.5 Å². The summed E-state index contributed by atoms with van der Waals surface area (Å²) in [4.78, 5) is 0. The lowest BCUT2D eigenvalue weighted by Gasteiger charge is -2.29. The molecule has 0 saturated carbocycles. The van der Waals surface area contributed by atoms with Crippen LogP contribution in [0.3, 0.4) is 0 Å². The molecule has 0 aliphatic carbocycles. The second kappa shape index (κ2) is 6.84. The zero-order valence-corrected chi connectivity index (χ0v) is 11.9. The van der Waals surface area contributed by atoms with Gasteiger partial charge in [0.2, 0.25) is 0 Å². The third kappa shape index (κ3) is 6.83. The summed E-state index contributed by atoms with van der Waals surface area (Å²) in [5, 5.41) is 1.07. The van der Waals surface area contributed by atoms with Gasteiger partial charge in [-0.1, -0.05) is 50.5 Å². The van der Waals surface area contributed by atoms with Gasteiger partial charge in [0.15, 0.2) is 0 Å². The van der Waals surface area contributed by atoms with Crippen LogP contribution in [-0.2, 0) is 4.74 Å². The molecule has 1 nitrogen and oxygen atoms in total. The SMILES string of the molecule is CC(C)COCCC(CBr)C(C)(C)C. The summed E-state index contributed by atoms with van der Waals surface area (Å²) in [6, 6.07) is 0. The van der Waals surface area contributed by atoms with Gasteiger partial charge < -0.3 is 4.74 Å². The van der Waals surface area contributed by atoms with Crippen LogP contribution in [0.1, 0.15) is 41.0 Å². The molecule has 0 fully saturated rings. The highest BCUT2D eigenvalue weighted by atomic mass is 79.9. The van der Waals surface area contributed by atoms with E-state index in [-0.39, 0.29) is 0 Å². The van der Waals surface area contributed by atoms with Crippen LogP contribution in [0.4, 0.5) is 0 Å². The van der Waals surface area contributed by atoms with E-state index in [0.717, 1.165) is 25.0 Å². The summed E-state index contributed by atoms with van der Waals surface area (Å²) in [5.41, 5.74) is 0.380. The first kappa shape index (κ1) is 14.4. The van der Waals surface area contributed by atoms with E-state index in [1.54, 1.807) is 0 Å². The highest BCUT2D eigenvalue weighted by Crippen LogP contribution is 2.30. The van der Waals surface area contributed by atoms with Crippen LogP contribution in [0.15, 0.2) is 0 Å². The van der Waals surface area contributed by atoms with Crippen molar-refractivity contribution in [2.75, 3.05) is 18.5 Å². The molecule has 0 aliphatic heterocycles. The molecule has 0 aromatic rings. The van der Waals surface area contributed by atoms with E-state index in [4.69, 9.17) is 4.74 Å². The molecule has 0 rings (SSSR count). The second-order valence-electron chi connectivity index (χ2n) is 5.47. The van der Waals surface area contributed by atoms with Crippen LogP contribution >= 0.6 is 15.9 Å². The Kier molecular flexibility index (Phi) is 7.05. The summed E-state index contributed by atoms with van der Waals surface area (Å²) in [5.74, 6) is 1.35. The Morgan fingerprint density at radius 2 is 1.79 bits per heavy atom. The van der Waals surface area contributed by atoms with Crippen LogP contribution < -0.4 is 0 Å². The lowest BCUT2D eigenvalue weighted by atomic mass is 9.80. The van der Waals surface area contributed by atoms with Gasteiger partial charge in [0.05, 0.1) is 0 Å². The summed E-state index contributed by atoms with van der Waals surface area (Å²) < 4.78 is 5.60. The normalized spacial score (nSPS) is 14.8. The van der Waals surface area contributed by atoms with Crippen molar-refractivity contribution in [1.29, 1.82) is 0 Å². The van der Waals surface area contributed by atoms with E-state index in [0.29, 0.717) is 17.3 Å². The fourth-order valence-corrected chi connectivity index (χ4v) is 2.58. The molecule has 0 saturated heterocycles. The summed E-state index contributed by atoms with van der Waals surface area (Å²) >= 11 is 3.58. The van der Waals surface area contributed by atoms with Gasteiger partial charge in [-0.25, -0.2) is 0 Å². The molecule has 0 amide bonds. The molecule has 0 bridgehead atoms. The van der Waals surface area contributed by atoms with Gasteiger partial charge in [0, 0.05) is 18.5 Å². The molecule has 0 spiro atoms. The zero-order valence-electron chi connectivity index (χ0n) is 10.3. The largest absolute Gasteiger partial charge is 0.381 e. The fraction of sp³-hybridized carbons (Fsp3) is 1.00. The van der Waals surface area contributed by atoms with Crippen molar-refractivity contribution >= 4 is 15.9 Å². The van der Waals surface area contributed by atoms with Crippen molar-refractivity contribution in [3.63, 3.8) is 0 Å². The van der Waals surface area contributed by atoms with Gasteiger partial charge in [-0.2, -0.15) is 0 Å². The smallest absolute Gasteiger partial charge is 0.0488 e. The van der Waals surface area contributed by atoms with Crippen LogP contribution in [0.25, 0.3) is 0 Å². The molecule has 0 aliphatic rings. The maximum Gasteiger partial charge on any atom is 0.0488 e. The third-order valence-corrected chi connectivity index (χ3v) is 3.25. The molecule has 1 atom stereocenters. The molecule has 0 heterocycles. The molecule has 0 aromatic carbocycles. The number of rotatable bonds is 6. The third-order valence-electron chi connectivity index (χ3n) is 2.47. The van der Waals surface area contributed by atoms with Crippen molar-refractivity contribution < 1.29 is 4.74 Å². The minimum absolute atomic E-state index is 0.380. The highest BCUT2D eigenvalue weighted by Gasteiger charge is 2.22. The molecule has 86 valence electrons. The number of alkyl halides is 1. The Morgan fingerprint density at radius 3 is 2.14 bits per heavy atom. The Labute approximate surface area is 97.7 Å². The maximum atomic E-state index is 5.60. The van der Waals surface area contributed by atoms with E-state index in [2.05, 4.69) is 50.5 Å². The van der Waals surface area contributed by atoms with E-state index >= 15 is 0 Å². The first-order valence-electron chi connectivity index (χ1n) is 5.51. The lowest BCUT2D eigenvalue weighted by Crippen LogP contribution is -2.23. The van der Waals surface area contributed by atoms with Crippen LogP contribution in [0.2, 0.25) is 0 Å². The number of ether oxygens (including phenoxy) is 1. The predicted octanol–water partition coefficient (Wildman–Crippen LogP) is 4.11. The number of hydrogen-bond donors (Lipinski definition) is 0. The molecule has 0 N–H and O–H groups in total. The predicted molar refractivity (Wildman–Crippen MR) is 67.0 cm³/mol. The first-order valence-corrected chi connectivity index (χ1v) is 6.63. The van der Waals surface area contributed by atoms with E-state index in [9.17, 15) is 0 Å². The molecule has 0 radical (unpaired) electrons. The van der Waals surface area contributed by atoms with Crippen LogP contribution in [0.5, 0.6) is 0 Å². The van der Waals surface area contributed by atoms with E-state index < -0.39 is 0 Å². The quantitative estimate of drug-likeness (QED) is 0.519. The molecule has 1 unspecified atom stereocenters. The Morgan fingerprint density at radius 1 is 1.21 bits per heavy atom. The Bertz CT molecular complexity index is 138. The summed E-state index contributed by atoms with van der Waals surface area (Å²) in [6.07, 6.45) is 1.15. The van der Waals surface area contributed by atoms with Crippen LogP contribution in [0, 0.1) is 17.3 Å². The monoisotopic (exact) mass is 264 g/mol. The van der Waals surface area contributed by atoms with Gasteiger partial charge in [-0.3, -0.25) is 0 Å². The van der Waals surface area contributed by atoms with Crippen molar-refractivity contribution in [3.8, 4) is 0 Å². The number of hydrogen-bond acceptors (Lipinski definition) is 1. The molecular formula is C12H25BrO. The van der Waals surface area contributed by atoms with Gasteiger partial charge in [0.1, 0.15) is 0 Å². The number of halogens is 1. The Hall–Kier alpha value is 0.440. The van der Waals surface area contributed by atoms with Crippen molar-refractivity contribution in [3.05, 3.63) is 0 Å². The van der Waals surface area contributed by atoms with Gasteiger partial charge in [-0.05, 0) is 23.7 Å². The average molecular weight is 265 g/mol. The second-order valence-corrected chi connectivity index (χ2v) is 6.12. The lowest BCUT2D eigenvalue weighted by molar-refractivity contribution is 0.0855. The van der Waals surface area contributed by atoms with Gasteiger partial charge in [0.25, 0.3) is 0 Å². The topological polar surface area (TPSA) is 9.23 Å². The first-order chi connectivity index (χ1) is 6.38. The highest BCUT2D eigenvalue weighted by molar-refractivity contribution is 9.09. The minimum Gasteiger partial charge on any atom is -0.381 e. The Balaban J connectivity index is 3.64. The van der Waals surface area contributed by atoms with Crippen molar-refractivity contribution in [2.24, 2.45) is 17.3 Å². The summed E-state index contributed by atoms with van der Waals surface area (Å²) in [6.45, 7) is 13.0. The fourth-order valence-electron chi connectivity index (χ4n) is 1.29. The average Bonchev–Trinajstić information content (AvgIpc) is 2.01. The minimum atomic E-state index is 0.380. The summed E-state index contributed by atoms with van der Waals surface area (Å²) in [7, 11) is 0. The molecule has 14 heavy (non-hydrogen) atoms. The van der Waals surface area contributed by atoms with Crippen molar-refractivity contribution in [2.45, 2.75) is 41.0 Å².